The van der Waals surface area contributed by atoms with Gasteiger partial charge in [0.05, 0.1) is 4.92 Å². The number of benzene rings is 1. The number of halogens is 1. The molecule has 0 atom stereocenters. The fourth-order valence-electron chi connectivity index (χ4n) is 1.39. The number of aryl methyl sites for hydroxylation is 1. The maximum Gasteiger partial charge on any atom is 0.328 e. The van der Waals surface area contributed by atoms with Crippen LogP contribution in [0.1, 0.15) is 5.56 Å². The normalized spacial score (nSPS) is 10.2. The van der Waals surface area contributed by atoms with Gasteiger partial charge >= 0.3 is 6.01 Å². The second-order valence-electron chi connectivity index (χ2n) is 3.55. The van der Waals surface area contributed by atoms with E-state index in [1.165, 1.54) is 18.2 Å². The average molecular weight is 282 g/mol. The third-order valence-electron chi connectivity index (χ3n) is 2.18. The predicted molar refractivity (Wildman–Crippen MR) is 67.2 cm³/mol. The maximum absolute atomic E-state index is 10.7. The van der Waals surface area contributed by atoms with Crippen molar-refractivity contribution in [2.75, 3.05) is 5.73 Å². The number of rotatable bonds is 3. The third-order valence-corrected chi connectivity index (χ3v) is 2.35. The molecule has 0 fully saturated rings. The topological polar surface area (TPSA) is 117 Å². The first-order valence-electron chi connectivity index (χ1n) is 5.05. The van der Waals surface area contributed by atoms with E-state index >= 15 is 0 Å². The van der Waals surface area contributed by atoms with E-state index in [0.717, 1.165) is 0 Å². The Bertz CT molecular complexity index is 629. The Balaban J connectivity index is 2.28. The smallest absolute Gasteiger partial charge is 0.328 e. The van der Waals surface area contributed by atoms with Gasteiger partial charge in [0, 0.05) is 11.6 Å². The zero-order valence-electron chi connectivity index (χ0n) is 9.70. The summed E-state index contributed by atoms with van der Waals surface area (Å²) < 4.78 is 5.31. The van der Waals surface area contributed by atoms with Gasteiger partial charge in [0.1, 0.15) is 5.75 Å². The van der Waals surface area contributed by atoms with E-state index in [-0.39, 0.29) is 22.9 Å². The van der Waals surface area contributed by atoms with Crippen molar-refractivity contribution in [2.24, 2.45) is 0 Å². The highest BCUT2D eigenvalue weighted by Gasteiger charge is 2.12. The van der Waals surface area contributed by atoms with Crippen LogP contribution in [0.2, 0.25) is 5.28 Å². The van der Waals surface area contributed by atoms with Crippen LogP contribution < -0.4 is 10.5 Å². The molecule has 2 rings (SSSR count). The van der Waals surface area contributed by atoms with Crippen LogP contribution in [0.4, 0.5) is 11.6 Å². The molecule has 0 aliphatic heterocycles. The molecular weight excluding hydrogens is 274 g/mol. The summed E-state index contributed by atoms with van der Waals surface area (Å²) in [7, 11) is 0. The molecule has 0 saturated carbocycles. The van der Waals surface area contributed by atoms with Crippen LogP contribution in [-0.2, 0) is 0 Å². The summed E-state index contributed by atoms with van der Waals surface area (Å²) in [5, 5.41) is 10.6. The van der Waals surface area contributed by atoms with Crippen molar-refractivity contribution in [1.29, 1.82) is 0 Å². The number of anilines is 1. The quantitative estimate of drug-likeness (QED) is 0.676. The molecule has 0 aliphatic rings. The Hall–Kier alpha value is -2.48. The molecule has 0 radical (unpaired) electrons. The Morgan fingerprint density at radius 3 is 2.68 bits per heavy atom. The van der Waals surface area contributed by atoms with Crippen LogP contribution in [-0.4, -0.2) is 19.9 Å². The molecule has 1 aromatic heterocycles. The number of ether oxygens (including phenoxy) is 1. The van der Waals surface area contributed by atoms with E-state index in [4.69, 9.17) is 22.1 Å². The summed E-state index contributed by atoms with van der Waals surface area (Å²) in [6.45, 7) is 1.60. The summed E-state index contributed by atoms with van der Waals surface area (Å²) in [5.74, 6) is 0.262. The number of nitrogen functional groups attached to an aromatic ring is 1. The lowest BCUT2D eigenvalue weighted by molar-refractivity contribution is -0.385. The Kier molecular flexibility index (Phi) is 3.43. The Morgan fingerprint density at radius 2 is 2.11 bits per heavy atom. The monoisotopic (exact) mass is 281 g/mol. The number of nitrogens with two attached hydrogens (primary N) is 1. The molecule has 8 nitrogen and oxygen atoms in total. The number of nitro benzene ring substituents is 1. The molecule has 1 heterocycles. The molecule has 9 heteroatoms. The van der Waals surface area contributed by atoms with Gasteiger partial charge in [-0.25, -0.2) is 0 Å². The summed E-state index contributed by atoms with van der Waals surface area (Å²) in [5.41, 5.74) is 5.85. The third kappa shape index (κ3) is 3.05. The lowest BCUT2D eigenvalue weighted by Crippen LogP contribution is -2.00. The van der Waals surface area contributed by atoms with Crippen LogP contribution in [0.25, 0.3) is 0 Å². The summed E-state index contributed by atoms with van der Waals surface area (Å²) >= 11 is 5.60. The average Bonchev–Trinajstić information content (AvgIpc) is 2.26. The SMILES string of the molecule is Cc1cc(Oc2nc(N)nc(Cl)n2)ccc1[N+](=O)[O-]. The van der Waals surface area contributed by atoms with Gasteiger partial charge in [0.2, 0.25) is 11.2 Å². The highest BCUT2D eigenvalue weighted by molar-refractivity contribution is 6.28. The van der Waals surface area contributed by atoms with Gasteiger partial charge in [0.25, 0.3) is 5.69 Å². The zero-order chi connectivity index (χ0) is 14.0. The van der Waals surface area contributed by atoms with Crippen molar-refractivity contribution in [3.63, 3.8) is 0 Å². The van der Waals surface area contributed by atoms with Gasteiger partial charge < -0.3 is 10.5 Å². The van der Waals surface area contributed by atoms with Gasteiger partial charge in [0.15, 0.2) is 0 Å². The highest BCUT2D eigenvalue weighted by Crippen LogP contribution is 2.26. The zero-order valence-corrected chi connectivity index (χ0v) is 10.5. The molecule has 0 aliphatic carbocycles. The fourth-order valence-corrected chi connectivity index (χ4v) is 1.55. The van der Waals surface area contributed by atoms with Crippen LogP contribution in [0.15, 0.2) is 18.2 Å². The molecule has 0 unspecified atom stereocenters. The second-order valence-corrected chi connectivity index (χ2v) is 3.89. The molecule has 0 bridgehead atoms. The Morgan fingerprint density at radius 1 is 1.37 bits per heavy atom. The standard InChI is InChI=1S/C10H8ClN5O3/c1-5-4-6(2-3-7(5)16(17)18)19-10-14-8(11)13-9(12)15-10/h2-4H,1H3,(H2,12,13,14,15). The van der Waals surface area contributed by atoms with Crippen LogP contribution in [0, 0.1) is 17.0 Å². The molecule has 0 saturated heterocycles. The minimum Gasteiger partial charge on any atom is -0.424 e. The Labute approximate surface area is 112 Å². The minimum atomic E-state index is -0.475. The number of aromatic nitrogens is 3. The molecule has 2 N–H and O–H groups in total. The first-order valence-corrected chi connectivity index (χ1v) is 5.43. The lowest BCUT2D eigenvalue weighted by Gasteiger charge is -2.05. The van der Waals surface area contributed by atoms with Crippen LogP contribution in [0.5, 0.6) is 11.8 Å². The van der Waals surface area contributed by atoms with E-state index in [9.17, 15) is 10.1 Å². The molecule has 98 valence electrons. The van der Waals surface area contributed by atoms with Crippen LogP contribution in [0.3, 0.4) is 0 Å². The number of hydrogen-bond donors (Lipinski definition) is 1. The van der Waals surface area contributed by atoms with Crippen molar-refractivity contribution >= 4 is 23.2 Å². The lowest BCUT2D eigenvalue weighted by atomic mass is 10.2. The van der Waals surface area contributed by atoms with E-state index in [1.54, 1.807) is 6.92 Å². The molecule has 0 amide bonds. The van der Waals surface area contributed by atoms with Crippen molar-refractivity contribution in [2.45, 2.75) is 6.92 Å². The molecular formula is C10H8ClN5O3. The summed E-state index contributed by atoms with van der Waals surface area (Å²) in [4.78, 5) is 21.2. The van der Waals surface area contributed by atoms with Crippen molar-refractivity contribution in [3.05, 3.63) is 39.2 Å². The van der Waals surface area contributed by atoms with Crippen LogP contribution >= 0.6 is 11.6 Å². The number of nitrogens with zero attached hydrogens (tertiary/aromatic N) is 4. The second kappa shape index (κ2) is 5.02. The van der Waals surface area contributed by atoms with Crippen molar-refractivity contribution in [3.8, 4) is 11.8 Å². The van der Waals surface area contributed by atoms with E-state index in [0.29, 0.717) is 11.3 Å². The van der Waals surface area contributed by atoms with E-state index in [2.05, 4.69) is 15.0 Å². The van der Waals surface area contributed by atoms with Crippen molar-refractivity contribution in [1.82, 2.24) is 15.0 Å². The molecule has 19 heavy (non-hydrogen) atoms. The molecule has 1 aromatic carbocycles. The largest absolute Gasteiger partial charge is 0.424 e. The fraction of sp³-hybridized carbons (Fsp3) is 0.100. The van der Waals surface area contributed by atoms with Crippen molar-refractivity contribution < 1.29 is 9.66 Å². The number of hydrogen-bond acceptors (Lipinski definition) is 7. The van der Waals surface area contributed by atoms with Gasteiger partial charge in [-0.15, -0.1) is 0 Å². The minimum absolute atomic E-state index is 0.000503. The summed E-state index contributed by atoms with van der Waals surface area (Å²) in [6.07, 6.45) is 0. The predicted octanol–water partition coefficient (Wildman–Crippen LogP) is 2.12. The van der Waals surface area contributed by atoms with Gasteiger partial charge in [-0.1, -0.05) is 0 Å². The first kappa shape index (κ1) is 13.0. The maximum atomic E-state index is 10.7. The summed E-state index contributed by atoms with van der Waals surface area (Å²) in [6, 6.07) is 4.17. The highest BCUT2D eigenvalue weighted by atomic mass is 35.5. The van der Waals surface area contributed by atoms with Gasteiger partial charge in [-0.3, -0.25) is 10.1 Å². The first-order chi connectivity index (χ1) is 8.95. The van der Waals surface area contributed by atoms with E-state index < -0.39 is 4.92 Å². The number of nitro groups is 1. The van der Waals surface area contributed by atoms with Gasteiger partial charge in [-0.05, 0) is 30.7 Å². The van der Waals surface area contributed by atoms with Gasteiger partial charge in [-0.2, -0.15) is 15.0 Å². The van der Waals surface area contributed by atoms with E-state index in [1.807, 2.05) is 0 Å². The molecule has 2 aromatic rings. The molecule has 0 spiro atoms.